The smallest absolute Gasteiger partial charge is 0.330 e. The van der Waals surface area contributed by atoms with E-state index in [1.165, 1.54) is 24.3 Å². The summed E-state index contributed by atoms with van der Waals surface area (Å²) in [4.78, 5) is 24.6. The van der Waals surface area contributed by atoms with E-state index in [1.807, 2.05) is 6.92 Å². The molecular weight excluding hydrogens is 372 g/mol. The maximum absolute atomic E-state index is 12.6. The fourth-order valence-corrected chi connectivity index (χ4v) is 4.40. The van der Waals surface area contributed by atoms with Crippen LogP contribution in [0.2, 0.25) is 0 Å². The number of carbonyl (C=O) groups excluding carboxylic acids is 1. The van der Waals surface area contributed by atoms with Gasteiger partial charge in [0, 0.05) is 30.6 Å². The zero-order valence-corrected chi connectivity index (χ0v) is 16.7. The number of aliphatic carboxylic acids is 1. The molecule has 150 valence electrons. The van der Waals surface area contributed by atoms with Crippen LogP contribution in [0.25, 0.3) is 0 Å². The van der Waals surface area contributed by atoms with E-state index in [0.29, 0.717) is 6.61 Å². The van der Waals surface area contributed by atoms with Gasteiger partial charge in [0.25, 0.3) is 5.91 Å². The van der Waals surface area contributed by atoms with Crippen LogP contribution in [-0.4, -0.2) is 50.2 Å². The van der Waals surface area contributed by atoms with Crippen molar-refractivity contribution in [2.75, 3.05) is 13.2 Å². The topological polar surface area (TPSA) is 122 Å². The number of carboxylic acid groups (broad SMARTS) is 1. The van der Waals surface area contributed by atoms with Gasteiger partial charge in [-0.2, -0.15) is 0 Å². The molecule has 0 aliphatic heterocycles. The average Bonchev–Trinajstić information content (AvgIpc) is 2.60. The minimum atomic E-state index is -3.62. The van der Waals surface area contributed by atoms with Crippen molar-refractivity contribution in [2.45, 2.75) is 50.7 Å². The zero-order chi connectivity index (χ0) is 20.5. The van der Waals surface area contributed by atoms with E-state index in [2.05, 4.69) is 10.0 Å². The number of rotatable bonds is 8. The molecule has 1 aromatic carbocycles. The maximum Gasteiger partial charge on any atom is 0.330 e. The molecule has 0 bridgehead atoms. The molecule has 1 aromatic rings. The molecule has 0 heterocycles. The van der Waals surface area contributed by atoms with Gasteiger partial charge in [-0.1, -0.05) is 20.8 Å². The highest BCUT2D eigenvalue weighted by molar-refractivity contribution is 7.89. The van der Waals surface area contributed by atoms with E-state index >= 15 is 0 Å². The lowest BCUT2D eigenvalue weighted by Crippen LogP contribution is -2.76. The fourth-order valence-electron chi connectivity index (χ4n) is 3.36. The summed E-state index contributed by atoms with van der Waals surface area (Å²) in [6.45, 7) is 7.70. The molecule has 2 rings (SSSR count). The van der Waals surface area contributed by atoms with Gasteiger partial charge in [0.05, 0.1) is 11.0 Å². The largest absolute Gasteiger partial charge is 0.479 e. The van der Waals surface area contributed by atoms with E-state index in [9.17, 15) is 23.1 Å². The Kier molecular flexibility index (Phi) is 5.98. The van der Waals surface area contributed by atoms with Crippen LogP contribution >= 0.6 is 0 Å². The number of amides is 1. The molecule has 3 N–H and O–H groups in total. The first-order chi connectivity index (χ1) is 12.5. The van der Waals surface area contributed by atoms with E-state index in [4.69, 9.17) is 4.74 Å². The summed E-state index contributed by atoms with van der Waals surface area (Å²) in [5.74, 6) is -1.70. The Morgan fingerprint density at radius 2 is 1.81 bits per heavy atom. The van der Waals surface area contributed by atoms with Crippen LogP contribution in [-0.2, 0) is 19.6 Å². The van der Waals surface area contributed by atoms with Crippen molar-refractivity contribution < 1.29 is 27.9 Å². The van der Waals surface area contributed by atoms with Crippen molar-refractivity contribution in [2.24, 2.45) is 5.41 Å². The van der Waals surface area contributed by atoms with Crippen LogP contribution < -0.4 is 10.0 Å². The molecule has 2 atom stereocenters. The summed E-state index contributed by atoms with van der Waals surface area (Å²) in [5.41, 5.74) is -2.06. The summed E-state index contributed by atoms with van der Waals surface area (Å²) in [6.07, 6.45) is -0.103. The van der Waals surface area contributed by atoms with Gasteiger partial charge in [-0.05, 0) is 31.2 Å². The molecule has 0 radical (unpaired) electrons. The molecule has 1 amide bonds. The summed E-state index contributed by atoms with van der Waals surface area (Å²) < 4.78 is 31.9. The van der Waals surface area contributed by atoms with Crippen molar-refractivity contribution in [3.63, 3.8) is 0 Å². The molecule has 1 aliphatic rings. The van der Waals surface area contributed by atoms with Gasteiger partial charge < -0.3 is 15.2 Å². The predicted octanol–water partition coefficient (Wildman–Crippen LogP) is 1.37. The highest BCUT2D eigenvalue weighted by atomic mass is 32.2. The Morgan fingerprint density at radius 3 is 2.26 bits per heavy atom. The summed E-state index contributed by atoms with van der Waals surface area (Å²) in [6, 6.07) is 5.35. The predicted molar refractivity (Wildman–Crippen MR) is 98.9 cm³/mol. The van der Waals surface area contributed by atoms with Crippen LogP contribution in [0.5, 0.6) is 0 Å². The maximum atomic E-state index is 12.6. The Labute approximate surface area is 159 Å². The van der Waals surface area contributed by atoms with Crippen LogP contribution in [0.4, 0.5) is 0 Å². The number of nitrogens with one attached hydrogen (secondary N) is 2. The van der Waals surface area contributed by atoms with E-state index in [1.54, 1.807) is 20.8 Å². The molecule has 9 heteroatoms. The van der Waals surface area contributed by atoms with Gasteiger partial charge >= 0.3 is 5.97 Å². The van der Waals surface area contributed by atoms with E-state index in [0.717, 1.165) is 0 Å². The number of hydrogen-bond donors (Lipinski definition) is 3. The fraction of sp³-hybridized carbons (Fsp3) is 0.556. The van der Waals surface area contributed by atoms with E-state index < -0.39 is 32.9 Å². The molecule has 0 aromatic heterocycles. The van der Waals surface area contributed by atoms with Gasteiger partial charge in [-0.3, -0.25) is 4.79 Å². The lowest BCUT2D eigenvalue weighted by atomic mass is 9.54. The monoisotopic (exact) mass is 398 g/mol. The first kappa shape index (κ1) is 21.3. The molecule has 0 saturated heterocycles. The van der Waals surface area contributed by atoms with Gasteiger partial charge in [-0.15, -0.1) is 0 Å². The number of hydrogen-bond acceptors (Lipinski definition) is 5. The second kappa shape index (κ2) is 7.57. The molecule has 1 saturated carbocycles. The van der Waals surface area contributed by atoms with E-state index in [-0.39, 0.29) is 29.5 Å². The van der Waals surface area contributed by atoms with Crippen LogP contribution in [0.3, 0.4) is 0 Å². The molecular formula is C18H26N2O6S. The SMILES string of the molecule is CCNS(=O)(=O)c1ccc(C(=O)NC2(C(=O)O)CC(OCC)C2(C)C)cc1. The summed E-state index contributed by atoms with van der Waals surface area (Å²) in [7, 11) is -3.62. The second-order valence-corrected chi connectivity index (χ2v) is 8.83. The number of ether oxygens (including phenoxy) is 1. The third-order valence-electron chi connectivity index (χ3n) is 5.22. The number of carboxylic acids is 1. The Hall–Kier alpha value is -1.97. The first-order valence-corrected chi connectivity index (χ1v) is 10.3. The van der Waals surface area contributed by atoms with Crippen LogP contribution in [0.1, 0.15) is 44.5 Å². The second-order valence-electron chi connectivity index (χ2n) is 7.06. The molecule has 0 spiro atoms. The van der Waals surface area contributed by atoms with Crippen molar-refractivity contribution in [1.29, 1.82) is 0 Å². The van der Waals surface area contributed by atoms with Crippen molar-refractivity contribution in [1.82, 2.24) is 10.0 Å². The minimum Gasteiger partial charge on any atom is -0.479 e. The van der Waals surface area contributed by atoms with Gasteiger partial charge in [0.1, 0.15) is 5.54 Å². The lowest BCUT2D eigenvalue weighted by molar-refractivity contribution is -0.190. The average molecular weight is 398 g/mol. The molecule has 27 heavy (non-hydrogen) atoms. The van der Waals surface area contributed by atoms with Gasteiger partial charge in [0.15, 0.2) is 0 Å². The highest BCUT2D eigenvalue weighted by Crippen LogP contribution is 2.51. The molecule has 8 nitrogen and oxygen atoms in total. The Balaban J connectivity index is 2.22. The Bertz CT molecular complexity index is 819. The minimum absolute atomic E-state index is 0.0363. The molecule has 1 aliphatic carbocycles. The first-order valence-electron chi connectivity index (χ1n) is 8.79. The lowest BCUT2D eigenvalue weighted by Gasteiger charge is -2.58. The van der Waals surface area contributed by atoms with Crippen molar-refractivity contribution in [3.05, 3.63) is 29.8 Å². The van der Waals surface area contributed by atoms with Gasteiger partial charge in [-0.25, -0.2) is 17.9 Å². The molecule has 1 fully saturated rings. The normalized spacial score (nSPS) is 24.1. The number of carbonyl (C=O) groups is 2. The number of sulfonamides is 1. The quantitative estimate of drug-likeness (QED) is 0.608. The van der Waals surface area contributed by atoms with Crippen LogP contribution in [0, 0.1) is 5.41 Å². The third kappa shape index (κ3) is 3.71. The van der Waals surface area contributed by atoms with Gasteiger partial charge in [0.2, 0.25) is 10.0 Å². The zero-order valence-electron chi connectivity index (χ0n) is 15.9. The van der Waals surface area contributed by atoms with Crippen molar-refractivity contribution in [3.8, 4) is 0 Å². The summed E-state index contributed by atoms with van der Waals surface area (Å²) >= 11 is 0. The van der Waals surface area contributed by atoms with Crippen LogP contribution in [0.15, 0.2) is 29.2 Å². The standard InChI is InChI=1S/C18H26N2O6S/c1-5-19-27(24,25)13-9-7-12(8-10-13)15(21)20-18(16(22)23)11-14(26-6-2)17(18,3)4/h7-10,14,19H,5-6,11H2,1-4H3,(H,20,21)(H,22,23). The number of benzene rings is 1. The summed E-state index contributed by atoms with van der Waals surface area (Å²) in [5, 5.41) is 12.4. The highest BCUT2D eigenvalue weighted by Gasteiger charge is 2.66. The third-order valence-corrected chi connectivity index (χ3v) is 6.78. The molecule has 2 unspecified atom stereocenters. The Morgan fingerprint density at radius 1 is 1.22 bits per heavy atom. The van der Waals surface area contributed by atoms with Crippen molar-refractivity contribution >= 4 is 21.9 Å².